The first kappa shape index (κ1) is 27.6. The number of amides is 2. The van der Waals surface area contributed by atoms with Gasteiger partial charge in [-0.15, -0.1) is 0 Å². The van der Waals surface area contributed by atoms with Crippen LogP contribution in [0.25, 0.3) is 5.69 Å². The Morgan fingerprint density at radius 3 is 2.18 bits per heavy atom. The number of carbonyl (C=O) groups excluding carboxylic acids is 2. The van der Waals surface area contributed by atoms with Crippen LogP contribution in [0.5, 0.6) is 0 Å². The van der Waals surface area contributed by atoms with Crippen LogP contribution in [-0.4, -0.2) is 39.6 Å². The van der Waals surface area contributed by atoms with E-state index in [1.54, 1.807) is 9.58 Å². The van der Waals surface area contributed by atoms with Crippen LogP contribution in [0, 0.1) is 17.3 Å². The standard InChI is InChI=1S/C28H44N4O2/c1-20(2)18-31(26(34)15-21(3)17-27(4,5)6)19-25(33)29-24-16-23(28(7,8)9)30-32(24)22-13-11-10-12-14-22/h10-14,16,20-21H,15,17-19H2,1-9H3,(H,29,33). The molecule has 1 heterocycles. The van der Waals surface area contributed by atoms with Crippen molar-refractivity contribution in [1.29, 1.82) is 0 Å². The third-order valence-electron chi connectivity index (χ3n) is 5.50. The molecule has 0 bridgehead atoms. The fraction of sp³-hybridized carbons (Fsp3) is 0.607. The molecule has 0 aliphatic rings. The SMILES string of the molecule is CC(C)CN(CC(=O)Nc1cc(C(C)(C)C)nn1-c1ccccc1)C(=O)CC(C)CC(C)(C)C. The smallest absolute Gasteiger partial charge is 0.245 e. The Morgan fingerprint density at radius 1 is 1.03 bits per heavy atom. The first-order valence-corrected chi connectivity index (χ1v) is 12.4. The van der Waals surface area contributed by atoms with Gasteiger partial charge >= 0.3 is 0 Å². The molecule has 1 N–H and O–H groups in total. The number of nitrogens with one attached hydrogen (secondary N) is 1. The highest BCUT2D eigenvalue weighted by Gasteiger charge is 2.25. The summed E-state index contributed by atoms with van der Waals surface area (Å²) in [5.41, 5.74) is 1.76. The van der Waals surface area contributed by atoms with Gasteiger partial charge in [0.1, 0.15) is 5.82 Å². The third-order valence-corrected chi connectivity index (χ3v) is 5.50. The molecule has 0 radical (unpaired) electrons. The zero-order chi connectivity index (χ0) is 25.7. The Kier molecular flexibility index (Phi) is 9.09. The molecule has 1 unspecified atom stereocenters. The first-order valence-electron chi connectivity index (χ1n) is 12.4. The van der Waals surface area contributed by atoms with Crippen molar-refractivity contribution in [1.82, 2.24) is 14.7 Å². The average molecular weight is 469 g/mol. The number of rotatable bonds is 9. The molecule has 0 fully saturated rings. The van der Waals surface area contributed by atoms with E-state index < -0.39 is 0 Å². The molecule has 1 aromatic heterocycles. The zero-order valence-corrected chi connectivity index (χ0v) is 22.6. The lowest BCUT2D eigenvalue weighted by Crippen LogP contribution is -2.41. The largest absolute Gasteiger partial charge is 0.333 e. The van der Waals surface area contributed by atoms with E-state index in [-0.39, 0.29) is 41.0 Å². The summed E-state index contributed by atoms with van der Waals surface area (Å²) in [6.07, 6.45) is 1.42. The van der Waals surface area contributed by atoms with E-state index in [1.807, 2.05) is 36.4 Å². The van der Waals surface area contributed by atoms with Crippen LogP contribution in [0.3, 0.4) is 0 Å². The number of benzene rings is 1. The molecule has 0 spiro atoms. The second-order valence-electron chi connectivity index (χ2n) is 12.2. The molecule has 2 amide bonds. The summed E-state index contributed by atoms with van der Waals surface area (Å²) in [5.74, 6) is 0.970. The van der Waals surface area contributed by atoms with E-state index >= 15 is 0 Å². The molecular weight excluding hydrogens is 424 g/mol. The van der Waals surface area contributed by atoms with Crippen molar-refractivity contribution >= 4 is 17.6 Å². The summed E-state index contributed by atoms with van der Waals surface area (Å²) in [6.45, 7) is 19.7. The van der Waals surface area contributed by atoms with Crippen LogP contribution in [0.1, 0.15) is 80.8 Å². The van der Waals surface area contributed by atoms with Crippen molar-refractivity contribution in [2.24, 2.45) is 17.3 Å². The number of nitrogens with zero attached hydrogens (tertiary/aromatic N) is 3. The van der Waals surface area contributed by atoms with Gasteiger partial charge < -0.3 is 10.2 Å². The molecule has 0 saturated heterocycles. The Morgan fingerprint density at radius 2 is 1.65 bits per heavy atom. The second kappa shape index (κ2) is 11.2. The van der Waals surface area contributed by atoms with E-state index in [9.17, 15) is 9.59 Å². The van der Waals surface area contributed by atoms with Crippen molar-refractivity contribution in [2.75, 3.05) is 18.4 Å². The molecule has 0 saturated carbocycles. The fourth-order valence-corrected chi connectivity index (χ4v) is 4.20. The monoisotopic (exact) mass is 468 g/mol. The van der Waals surface area contributed by atoms with Gasteiger partial charge in [-0.2, -0.15) is 5.10 Å². The summed E-state index contributed by atoms with van der Waals surface area (Å²) in [5, 5.41) is 7.78. The lowest BCUT2D eigenvalue weighted by atomic mass is 9.84. The van der Waals surface area contributed by atoms with Crippen LogP contribution >= 0.6 is 0 Å². The van der Waals surface area contributed by atoms with Gasteiger partial charge in [0.05, 0.1) is 17.9 Å². The number of aromatic nitrogens is 2. The Hall–Kier alpha value is -2.63. The fourth-order valence-electron chi connectivity index (χ4n) is 4.20. The maximum Gasteiger partial charge on any atom is 0.245 e. The molecule has 2 rings (SSSR count). The number of carbonyl (C=O) groups is 2. The third kappa shape index (κ3) is 8.62. The van der Waals surface area contributed by atoms with Crippen LogP contribution in [-0.2, 0) is 15.0 Å². The summed E-state index contributed by atoms with van der Waals surface area (Å²) < 4.78 is 1.76. The van der Waals surface area contributed by atoms with Gasteiger partial charge in [-0.05, 0) is 35.8 Å². The van der Waals surface area contributed by atoms with Gasteiger partial charge in [0.25, 0.3) is 0 Å². The Labute approximate surface area is 206 Å². The Bertz CT molecular complexity index is 949. The van der Waals surface area contributed by atoms with E-state index in [1.165, 1.54) is 0 Å². The highest BCUT2D eigenvalue weighted by molar-refractivity contribution is 5.94. The summed E-state index contributed by atoms with van der Waals surface area (Å²) in [7, 11) is 0. The van der Waals surface area contributed by atoms with Crippen molar-refractivity contribution < 1.29 is 9.59 Å². The molecule has 1 atom stereocenters. The lowest BCUT2D eigenvalue weighted by molar-refractivity contribution is -0.136. The number of para-hydroxylation sites is 1. The molecule has 2 aromatic rings. The topological polar surface area (TPSA) is 67.2 Å². The summed E-state index contributed by atoms with van der Waals surface area (Å²) >= 11 is 0. The normalized spacial score (nSPS) is 13.1. The number of hydrogen-bond donors (Lipinski definition) is 1. The average Bonchev–Trinajstić information content (AvgIpc) is 3.10. The molecule has 6 heteroatoms. The van der Waals surface area contributed by atoms with E-state index in [0.717, 1.165) is 17.8 Å². The van der Waals surface area contributed by atoms with Crippen LogP contribution in [0.4, 0.5) is 5.82 Å². The quantitative estimate of drug-likeness (QED) is 0.487. The maximum atomic E-state index is 13.1. The van der Waals surface area contributed by atoms with E-state index in [0.29, 0.717) is 18.8 Å². The van der Waals surface area contributed by atoms with Crippen molar-refractivity contribution in [2.45, 2.75) is 80.6 Å². The summed E-state index contributed by atoms with van der Waals surface area (Å²) in [6, 6.07) is 11.7. The molecular formula is C28H44N4O2. The van der Waals surface area contributed by atoms with Gasteiger partial charge in [-0.1, -0.05) is 80.5 Å². The molecule has 1 aromatic carbocycles. The van der Waals surface area contributed by atoms with E-state index in [4.69, 9.17) is 5.10 Å². The molecule has 0 aliphatic carbocycles. The van der Waals surface area contributed by atoms with Crippen LogP contribution in [0.15, 0.2) is 36.4 Å². The van der Waals surface area contributed by atoms with Gasteiger partial charge in [0.15, 0.2) is 0 Å². The minimum Gasteiger partial charge on any atom is -0.333 e. The molecule has 188 valence electrons. The highest BCUT2D eigenvalue weighted by atomic mass is 16.2. The Balaban J connectivity index is 2.20. The van der Waals surface area contributed by atoms with Crippen molar-refractivity contribution in [3.63, 3.8) is 0 Å². The minimum absolute atomic E-state index is 0.0318. The van der Waals surface area contributed by atoms with Gasteiger partial charge in [-0.3, -0.25) is 9.59 Å². The predicted octanol–water partition coefficient (Wildman–Crippen LogP) is 6.06. The number of hydrogen-bond acceptors (Lipinski definition) is 3. The molecule has 0 aliphatic heterocycles. The second-order valence-corrected chi connectivity index (χ2v) is 12.2. The first-order chi connectivity index (χ1) is 15.7. The maximum absolute atomic E-state index is 13.1. The van der Waals surface area contributed by atoms with Gasteiger partial charge in [-0.25, -0.2) is 4.68 Å². The highest BCUT2D eigenvalue weighted by Crippen LogP contribution is 2.27. The predicted molar refractivity (Wildman–Crippen MR) is 140 cm³/mol. The lowest BCUT2D eigenvalue weighted by Gasteiger charge is -2.28. The van der Waals surface area contributed by atoms with Gasteiger partial charge in [0.2, 0.25) is 11.8 Å². The summed E-state index contributed by atoms with van der Waals surface area (Å²) in [4.78, 5) is 27.9. The molecule has 6 nitrogen and oxygen atoms in total. The number of anilines is 1. The van der Waals surface area contributed by atoms with Crippen LogP contribution in [0.2, 0.25) is 0 Å². The minimum atomic E-state index is -0.213. The van der Waals surface area contributed by atoms with Crippen LogP contribution < -0.4 is 5.32 Å². The van der Waals surface area contributed by atoms with Gasteiger partial charge in [0, 0.05) is 24.4 Å². The molecule has 34 heavy (non-hydrogen) atoms. The van der Waals surface area contributed by atoms with E-state index in [2.05, 4.69) is 67.6 Å². The zero-order valence-electron chi connectivity index (χ0n) is 22.6. The van der Waals surface area contributed by atoms with Crippen molar-refractivity contribution in [3.8, 4) is 5.69 Å². The van der Waals surface area contributed by atoms with Crippen molar-refractivity contribution in [3.05, 3.63) is 42.1 Å².